The highest BCUT2D eigenvalue weighted by molar-refractivity contribution is 5.76. The number of nitrogens with one attached hydrogen (secondary N) is 1. The average Bonchev–Trinajstić information content (AvgIpc) is 3.51. The van der Waals surface area contributed by atoms with Crippen LogP contribution in [0.1, 0.15) is 457 Å². The monoisotopic (exact) mass is 1200 g/mol. The first-order valence-corrected chi connectivity index (χ1v) is 39.5. The molecule has 2 atom stereocenters. The van der Waals surface area contributed by atoms with E-state index in [-0.39, 0.29) is 18.5 Å². The number of amides is 1. The van der Waals surface area contributed by atoms with Gasteiger partial charge in [-0.25, -0.2) is 0 Å². The predicted molar refractivity (Wildman–Crippen MR) is 375 cm³/mol. The SMILES string of the molecule is CCCCCCCCCCCCCCCCCCCC/C=C/C(O)C(CO)NC(=O)CCCCCCCCCCCCCCCCCCCCCCCCCCCCCCCOC(=O)CCCCCCCCCCCCCCCCCCCCC. The number of hydrogen-bond donors (Lipinski definition) is 3. The number of esters is 1. The van der Waals surface area contributed by atoms with Gasteiger partial charge in [-0.1, -0.05) is 424 Å². The molecule has 0 saturated carbocycles. The number of aliphatic hydroxyl groups is 2. The van der Waals surface area contributed by atoms with E-state index in [9.17, 15) is 19.8 Å². The summed E-state index contributed by atoms with van der Waals surface area (Å²) in [6, 6.07) is -0.625. The zero-order valence-corrected chi connectivity index (χ0v) is 58.1. The molecule has 0 spiro atoms. The first-order valence-electron chi connectivity index (χ1n) is 39.5. The van der Waals surface area contributed by atoms with Gasteiger partial charge in [-0.15, -0.1) is 0 Å². The highest BCUT2D eigenvalue weighted by Gasteiger charge is 2.18. The third-order valence-corrected chi connectivity index (χ3v) is 18.8. The van der Waals surface area contributed by atoms with Crippen molar-refractivity contribution in [1.29, 1.82) is 0 Å². The molecule has 506 valence electrons. The minimum atomic E-state index is -0.842. The quantitative estimate of drug-likeness (QED) is 0.0320. The highest BCUT2D eigenvalue weighted by atomic mass is 16.5. The van der Waals surface area contributed by atoms with Crippen molar-refractivity contribution in [3.63, 3.8) is 0 Å². The van der Waals surface area contributed by atoms with E-state index in [0.29, 0.717) is 19.4 Å². The second-order valence-electron chi connectivity index (χ2n) is 27.4. The first kappa shape index (κ1) is 83.6. The van der Waals surface area contributed by atoms with Gasteiger partial charge in [0.1, 0.15) is 0 Å². The lowest BCUT2D eigenvalue weighted by Gasteiger charge is -2.20. The maximum atomic E-state index is 12.5. The van der Waals surface area contributed by atoms with Crippen molar-refractivity contribution in [2.24, 2.45) is 0 Å². The maximum Gasteiger partial charge on any atom is 0.305 e. The number of allylic oxidation sites excluding steroid dienone is 1. The molecule has 0 saturated heterocycles. The van der Waals surface area contributed by atoms with Gasteiger partial charge in [0.25, 0.3) is 0 Å². The van der Waals surface area contributed by atoms with Crippen LogP contribution in [-0.2, 0) is 14.3 Å². The minimum absolute atomic E-state index is 0.0253. The lowest BCUT2D eigenvalue weighted by Crippen LogP contribution is -2.45. The van der Waals surface area contributed by atoms with Crippen LogP contribution < -0.4 is 5.32 Å². The fourth-order valence-corrected chi connectivity index (χ4v) is 12.8. The van der Waals surface area contributed by atoms with Crippen molar-refractivity contribution < 1.29 is 24.5 Å². The zero-order valence-electron chi connectivity index (χ0n) is 58.1. The Labute approximate surface area is 533 Å². The van der Waals surface area contributed by atoms with Gasteiger partial charge in [0, 0.05) is 12.8 Å². The van der Waals surface area contributed by atoms with Crippen LogP contribution in [0.2, 0.25) is 0 Å². The van der Waals surface area contributed by atoms with Crippen molar-refractivity contribution in [2.45, 2.75) is 469 Å². The van der Waals surface area contributed by atoms with Gasteiger partial charge in [-0.05, 0) is 32.1 Å². The second kappa shape index (κ2) is 75.1. The predicted octanol–water partition coefficient (Wildman–Crippen LogP) is 25.9. The summed E-state index contributed by atoms with van der Waals surface area (Å²) >= 11 is 0. The number of unbranched alkanes of at least 4 members (excludes halogenated alkanes) is 64. The summed E-state index contributed by atoms with van der Waals surface area (Å²) in [7, 11) is 0. The molecule has 0 fully saturated rings. The molecule has 1 amide bonds. The molecule has 0 aliphatic heterocycles. The Morgan fingerprint density at radius 1 is 0.318 bits per heavy atom. The van der Waals surface area contributed by atoms with E-state index in [2.05, 4.69) is 19.2 Å². The molecular formula is C79H155NO5. The molecule has 0 bridgehead atoms. The first-order chi connectivity index (χ1) is 42.0. The molecule has 6 nitrogen and oxygen atoms in total. The number of carbonyl (C=O) groups is 2. The van der Waals surface area contributed by atoms with Crippen LogP contribution in [0, 0.1) is 0 Å². The van der Waals surface area contributed by atoms with Crippen LogP contribution in [0.4, 0.5) is 0 Å². The standard InChI is InChI=1S/C79H155NO5/c1-3-5-7-9-11-13-15-17-19-21-23-36-39-43-47-51-55-59-63-67-71-77(82)76(75-81)80-78(83)72-68-64-60-56-52-48-44-40-37-33-31-29-27-25-24-26-28-30-32-34-38-42-46-50-54-58-62-66-70-74-85-79(84)73-69-65-61-57-53-49-45-41-35-22-20-18-16-14-12-10-8-6-4-2/h67,71,76-77,81-82H,3-66,68-70,72-75H2,1-2H3,(H,80,83)/b71-67+. The lowest BCUT2D eigenvalue weighted by molar-refractivity contribution is -0.143. The Hall–Kier alpha value is -1.40. The third kappa shape index (κ3) is 71.6. The van der Waals surface area contributed by atoms with Crippen molar-refractivity contribution >= 4 is 11.9 Å². The summed E-state index contributed by atoms with van der Waals surface area (Å²) in [5.41, 5.74) is 0. The van der Waals surface area contributed by atoms with Gasteiger partial charge in [0.2, 0.25) is 5.91 Å². The topological polar surface area (TPSA) is 95.9 Å². The molecule has 0 aromatic heterocycles. The van der Waals surface area contributed by atoms with Crippen LogP contribution in [0.3, 0.4) is 0 Å². The molecule has 2 unspecified atom stereocenters. The zero-order chi connectivity index (χ0) is 61.3. The summed E-state index contributed by atoms with van der Waals surface area (Å²) in [5.74, 6) is -0.0341. The van der Waals surface area contributed by atoms with Gasteiger partial charge in [-0.3, -0.25) is 9.59 Å². The molecule has 0 aromatic rings. The molecular weight excluding hydrogens is 1040 g/mol. The summed E-state index contributed by atoms with van der Waals surface area (Å²) in [5, 5.41) is 23.3. The van der Waals surface area contributed by atoms with E-state index in [4.69, 9.17) is 4.74 Å². The number of hydrogen-bond acceptors (Lipinski definition) is 5. The highest BCUT2D eigenvalue weighted by Crippen LogP contribution is 2.20. The summed E-state index contributed by atoms with van der Waals surface area (Å²) in [6.07, 6.45) is 94.7. The summed E-state index contributed by atoms with van der Waals surface area (Å²) in [4.78, 5) is 24.7. The molecule has 0 aliphatic rings. The van der Waals surface area contributed by atoms with Crippen LogP contribution in [0.5, 0.6) is 0 Å². The smallest absolute Gasteiger partial charge is 0.305 e. The largest absolute Gasteiger partial charge is 0.466 e. The molecule has 0 aliphatic carbocycles. The maximum absolute atomic E-state index is 12.5. The van der Waals surface area contributed by atoms with Gasteiger partial charge in [0.15, 0.2) is 0 Å². The van der Waals surface area contributed by atoms with Crippen LogP contribution in [0.15, 0.2) is 12.2 Å². The molecule has 0 heterocycles. The van der Waals surface area contributed by atoms with Crippen molar-refractivity contribution in [3.8, 4) is 0 Å². The Bertz CT molecular complexity index is 1290. The second-order valence-corrected chi connectivity index (χ2v) is 27.4. The van der Waals surface area contributed by atoms with E-state index in [1.54, 1.807) is 6.08 Å². The van der Waals surface area contributed by atoms with Crippen molar-refractivity contribution in [2.75, 3.05) is 13.2 Å². The summed E-state index contributed by atoms with van der Waals surface area (Å²) < 4.78 is 5.52. The van der Waals surface area contributed by atoms with E-state index < -0.39 is 12.1 Å². The fraction of sp³-hybridized carbons (Fsp3) is 0.949. The van der Waals surface area contributed by atoms with Crippen LogP contribution in [-0.4, -0.2) is 47.4 Å². The minimum Gasteiger partial charge on any atom is -0.466 e. The van der Waals surface area contributed by atoms with Gasteiger partial charge >= 0.3 is 5.97 Å². The van der Waals surface area contributed by atoms with Crippen molar-refractivity contribution in [1.82, 2.24) is 5.32 Å². The Kier molecular flexibility index (Phi) is 73.8. The average molecular weight is 1200 g/mol. The molecule has 0 rings (SSSR count). The van der Waals surface area contributed by atoms with Gasteiger partial charge in [0.05, 0.1) is 25.4 Å². The molecule has 0 radical (unpaired) electrons. The van der Waals surface area contributed by atoms with E-state index in [0.717, 1.165) is 38.5 Å². The molecule has 3 N–H and O–H groups in total. The van der Waals surface area contributed by atoms with Gasteiger partial charge in [-0.2, -0.15) is 0 Å². The fourth-order valence-electron chi connectivity index (χ4n) is 12.8. The molecule has 6 heteroatoms. The Balaban J connectivity index is 3.34. The van der Waals surface area contributed by atoms with Crippen molar-refractivity contribution in [3.05, 3.63) is 12.2 Å². The van der Waals surface area contributed by atoms with E-state index in [1.165, 1.54) is 392 Å². The van der Waals surface area contributed by atoms with Gasteiger partial charge < -0.3 is 20.3 Å². The number of carbonyl (C=O) groups excluding carboxylic acids is 2. The molecule has 0 aromatic carbocycles. The lowest BCUT2D eigenvalue weighted by atomic mass is 10.0. The van der Waals surface area contributed by atoms with E-state index in [1.807, 2.05) is 6.08 Å². The number of rotatable bonds is 75. The Morgan fingerprint density at radius 2 is 0.541 bits per heavy atom. The normalized spacial score (nSPS) is 12.5. The number of aliphatic hydroxyl groups excluding tert-OH is 2. The van der Waals surface area contributed by atoms with E-state index >= 15 is 0 Å². The van der Waals surface area contributed by atoms with Crippen LogP contribution in [0.25, 0.3) is 0 Å². The number of ether oxygens (including phenoxy) is 1. The molecule has 85 heavy (non-hydrogen) atoms. The third-order valence-electron chi connectivity index (χ3n) is 18.8. The Morgan fingerprint density at radius 3 is 0.800 bits per heavy atom. The summed E-state index contributed by atoms with van der Waals surface area (Å²) in [6.45, 7) is 4.97. The van der Waals surface area contributed by atoms with Crippen LogP contribution >= 0.6 is 0 Å².